The SMILES string of the molecule is CC(OCCCc1ccccc1)OCCCc1ccccc1. The summed E-state index contributed by atoms with van der Waals surface area (Å²) in [6.07, 6.45) is 4.05. The highest BCUT2D eigenvalue weighted by Crippen LogP contribution is 2.05. The van der Waals surface area contributed by atoms with Gasteiger partial charge < -0.3 is 9.47 Å². The van der Waals surface area contributed by atoms with Gasteiger partial charge in [-0.25, -0.2) is 0 Å². The molecule has 0 aliphatic carbocycles. The van der Waals surface area contributed by atoms with Gasteiger partial charge in [0.05, 0.1) is 13.2 Å². The molecule has 0 radical (unpaired) electrons. The Morgan fingerprint density at radius 2 is 1.09 bits per heavy atom. The van der Waals surface area contributed by atoms with Gasteiger partial charge in [-0.3, -0.25) is 0 Å². The van der Waals surface area contributed by atoms with Crippen molar-refractivity contribution in [2.24, 2.45) is 0 Å². The van der Waals surface area contributed by atoms with Gasteiger partial charge in [0.1, 0.15) is 0 Å². The minimum absolute atomic E-state index is 0.119. The lowest BCUT2D eigenvalue weighted by molar-refractivity contribution is -0.131. The molecule has 0 spiro atoms. The second kappa shape index (κ2) is 10.1. The van der Waals surface area contributed by atoms with Crippen LogP contribution in [0.4, 0.5) is 0 Å². The third-order valence-corrected chi connectivity index (χ3v) is 3.61. The van der Waals surface area contributed by atoms with E-state index in [9.17, 15) is 0 Å². The van der Waals surface area contributed by atoms with Crippen LogP contribution in [0.3, 0.4) is 0 Å². The van der Waals surface area contributed by atoms with Crippen molar-refractivity contribution in [2.75, 3.05) is 13.2 Å². The summed E-state index contributed by atoms with van der Waals surface area (Å²) >= 11 is 0. The quantitative estimate of drug-likeness (QED) is 0.470. The topological polar surface area (TPSA) is 18.5 Å². The van der Waals surface area contributed by atoms with E-state index in [1.54, 1.807) is 0 Å². The first kappa shape index (κ1) is 16.7. The Bertz CT molecular complexity index is 448. The molecule has 0 bridgehead atoms. The van der Waals surface area contributed by atoms with Crippen molar-refractivity contribution < 1.29 is 9.47 Å². The molecular weight excluding hydrogens is 272 g/mol. The Kier molecular flexibility index (Phi) is 7.71. The summed E-state index contributed by atoms with van der Waals surface area (Å²) < 4.78 is 11.4. The molecule has 0 aliphatic heterocycles. The molecule has 2 nitrogen and oxygen atoms in total. The standard InChI is InChI=1S/C20H26O2/c1-18(21-16-8-14-19-10-4-2-5-11-19)22-17-9-15-20-12-6-3-7-13-20/h2-7,10-13,18H,8-9,14-17H2,1H3. The van der Waals surface area contributed by atoms with Crippen molar-refractivity contribution in [3.8, 4) is 0 Å². The number of rotatable bonds is 10. The summed E-state index contributed by atoms with van der Waals surface area (Å²) in [4.78, 5) is 0. The first-order valence-corrected chi connectivity index (χ1v) is 8.15. The minimum atomic E-state index is -0.119. The van der Waals surface area contributed by atoms with Crippen molar-refractivity contribution >= 4 is 0 Å². The van der Waals surface area contributed by atoms with E-state index in [2.05, 4.69) is 48.5 Å². The highest BCUT2D eigenvalue weighted by Gasteiger charge is 2.02. The van der Waals surface area contributed by atoms with Gasteiger partial charge in [-0.15, -0.1) is 0 Å². The molecule has 0 unspecified atom stereocenters. The lowest BCUT2D eigenvalue weighted by Crippen LogP contribution is -2.15. The molecule has 0 saturated heterocycles. The van der Waals surface area contributed by atoms with Crippen molar-refractivity contribution in [3.05, 3.63) is 71.8 Å². The van der Waals surface area contributed by atoms with Crippen LogP contribution in [0.25, 0.3) is 0 Å². The largest absolute Gasteiger partial charge is 0.353 e. The summed E-state index contributed by atoms with van der Waals surface area (Å²) in [6.45, 7) is 3.47. The van der Waals surface area contributed by atoms with E-state index >= 15 is 0 Å². The van der Waals surface area contributed by atoms with E-state index < -0.39 is 0 Å². The Labute approximate surface area is 134 Å². The number of ether oxygens (including phenoxy) is 2. The van der Waals surface area contributed by atoms with Gasteiger partial charge in [-0.05, 0) is 43.7 Å². The molecule has 2 heteroatoms. The third kappa shape index (κ3) is 6.88. The van der Waals surface area contributed by atoms with Crippen LogP contribution in [-0.2, 0) is 22.3 Å². The maximum absolute atomic E-state index is 5.69. The second-order valence-electron chi connectivity index (χ2n) is 5.49. The van der Waals surface area contributed by atoms with Gasteiger partial charge in [-0.2, -0.15) is 0 Å². The van der Waals surface area contributed by atoms with Crippen molar-refractivity contribution in [3.63, 3.8) is 0 Å². The molecule has 0 heterocycles. The summed E-state index contributed by atoms with van der Waals surface area (Å²) in [5.74, 6) is 0. The van der Waals surface area contributed by atoms with Crippen LogP contribution in [0.5, 0.6) is 0 Å². The van der Waals surface area contributed by atoms with Gasteiger partial charge in [0.25, 0.3) is 0 Å². The molecule has 2 rings (SSSR count). The average molecular weight is 298 g/mol. The first-order valence-electron chi connectivity index (χ1n) is 8.15. The summed E-state index contributed by atoms with van der Waals surface area (Å²) in [5.41, 5.74) is 2.73. The molecule has 2 aromatic carbocycles. The summed E-state index contributed by atoms with van der Waals surface area (Å²) in [6, 6.07) is 21.0. The Hall–Kier alpha value is -1.64. The van der Waals surface area contributed by atoms with Gasteiger partial charge >= 0.3 is 0 Å². The normalized spacial score (nSPS) is 11.0. The van der Waals surface area contributed by atoms with E-state index in [-0.39, 0.29) is 6.29 Å². The van der Waals surface area contributed by atoms with Crippen molar-refractivity contribution in [1.29, 1.82) is 0 Å². The molecule has 0 aromatic heterocycles. The zero-order valence-corrected chi connectivity index (χ0v) is 13.4. The van der Waals surface area contributed by atoms with Gasteiger partial charge in [0, 0.05) is 0 Å². The van der Waals surface area contributed by atoms with Crippen LogP contribution in [-0.4, -0.2) is 19.5 Å². The zero-order chi connectivity index (χ0) is 15.5. The van der Waals surface area contributed by atoms with Crippen molar-refractivity contribution in [2.45, 2.75) is 38.9 Å². The second-order valence-corrected chi connectivity index (χ2v) is 5.49. The highest BCUT2D eigenvalue weighted by molar-refractivity contribution is 5.15. The molecular formula is C20H26O2. The number of benzene rings is 2. The van der Waals surface area contributed by atoms with E-state index in [4.69, 9.17) is 9.47 Å². The van der Waals surface area contributed by atoms with Crippen LogP contribution >= 0.6 is 0 Å². The fraction of sp³-hybridized carbons (Fsp3) is 0.400. The van der Waals surface area contributed by atoms with Crippen molar-refractivity contribution in [1.82, 2.24) is 0 Å². The third-order valence-electron chi connectivity index (χ3n) is 3.61. The zero-order valence-electron chi connectivity index (χ0n) is 13.4. The molecule has 118 valence electrons. The van der Waals surface area contributed by atoms with Crippen LogP contribution in [0.15, 0.2) is 60.7 Å². The first-order chi connectivity index (χ1) is 10.8. The number of hydrogen-bond donors (Lipinski definition) is 0. The Morgan fingerprint density at radius 1 is 0.682 bits per heavy atom. The molecule has 0 saturated carbocycles. The predicted molar refractivity (Wildman–Crippen MR) is 90.9 cm³/mol. The van der Waals surface area contributed by atoms with Crippen LogP contribution in [0, 0.1) is 0 Å². The number of hydrogen-bond acceptors (Lipinski definition) is 2. The summed E-state index contributed by atoms with van der Waals surface area (Å²) in [5, 5.41) is 0. The fourth-order valence-corrected chi connectivity index (χ4v) is 2.39. The molecule has 2 aromatic rings. The predicted octanol–water partition coefficient (Wildman–Crippen LogP) is 4.63. The van der Waals surface area contributed by atoms with Gasteiger partial charge in [0.2, 0.25) is 0 Å². The molecule has 0 fully saturated rings. The highest BCUT2D eigenvalue weighted by atomic mass is 16.7. The maximum Gasteiger partial charge on any atom is 0.154 e. The fourth-order valence-electron chi connectivity index (χ4n) is 2.39. The van der Waals surface area contributed by atoms with Gasteiger partial charge in [0.15, 0.2) is 6.29 Å². The maximum atomic E-state index is 5.69. The lowest BCUT2D eigenvalue weighted by atomic mass is 10.1. The average Bonchev–Trinajstić information content (AvgIpc) is 2.57. The van der Waals surface area contributed by atoms with Crippen LogP contribution < -0.4 is 0 Å². The molecule has 0 aliphatic rings. The Morgan fingerprint density at radius 3 is 1.50 bits per heavy atom. The van der Waals surface area contributed by atoms with Gasteiger partial charge in [-0.1, -0.05) is 60.7 Å². The molecule has 0 N–H and O–H groups in total. The van der Waals surface area contributed by atoms with E-state index in [0.717, 1.165) is 38.9 Å². The lowest BCUT2D eigenvalue weighted by Gasteiger charge is -2.14. The molecule has 22 heavy (non-hydrogen) atoms. The van der Waals surface area contributed by atoms with E-state index in [0.29, 0.717) is 0 Å². The van der Waals surface area contributed by atoms with Crippen LogP contribution in [0.1, 0.15) is 30.9 Å². The monoisotopic (exact) mass is 298 g/mol. The Balaban J connectivity index is 1.48. The van der Waals surface area contributed by atoms with E-state index in [1.807, 2.05) is 19.1 Å². The smallest absolute Gasteiger partial charge is 0.154 e. The molecule has 0 amide bonds. The summed E-state index contributed by atoms with van der Waals surface area (Å²) in [7, 11) is 0. The minimum Gasteiger partial charge on any atom is -0.353 e. The number of aryl methyl sites for hydroxylation is 2. The van der Waals surface area contributed by atoms with E-state index in [1.165, 1.54) is 11.1 Å². The van der Waals surface area contributed by atoms with Crippen LogP contribution in [0.2, 0.25) is 0 Å². The molecule has 0 atom stereocenters.